The number of nitrogens with one attached hydrogen (secondary N) is 1. The van der Waals surface area contributed by atoms with Crippen molar-refractivity contribution in [2.45, 2.75) is 20.4 Å². The number of benzene rings is 1. The Hall–Kier alpha value is -2.39. The maximum atomic E-state index is 13.0. The van der Waals surface area contributed by atoms with Crippen LogP contribution < -0.4 is 21.9 Å². The molecule has 0 unspecified atom stereocenters. The Morgan fingerprint density at radius 1 is 1.30 bits per heavy atom. The van der Waals surface area contributed by atoms with E-state index in [0.717, 1.165) is 4.47 Å². The number of amides is 1. The van der Waals surface area contributed by atoms with Crippen LogP contribution in [-0.2, 0) is 11.3 Å². The minimum absolute atomic E-state index is 0.0426. The molecule has 8 nitrogen and oxygen atoms in total. The van der Waals surface area contributed by atoms with Gasteiger partial charge >= 0.3 is 5.69 Å². The number of ether oxygens (including phenoxy) is 1. The van der Waals surface area contributed by atoms with Gasteiger partial charge in [0.1, 0.15) is 5.82 Å². The number of hydrogen-bond acceptors (Lipinski definition) is 5. The molecule has 1 heterocycles. The van der Waals surface area contributed by atoms with Crippen molar-refractivity contribution >= 4 is 33.3 Å². The number of carbonyl (C=O) groups excluding carboxylic acids is 1. The van der Waals surface area contributed by atoms with Gasteiger partial charge in [0.2, 0.25) is 0 Å². The van der Waals surface area contributed by atoms with Gasteiger partial charge in [0.05, 0.1) is 6.61 Å². The van der Waals surface area contributed by atoms with E-state index in [2.05, 4.69) is 20.9 Å². The molecular weight excluding hydrogens is 416 g/mol. The number of halogens is 1. The number of rotatable bonds is 7. The SMILES string of the molecule is COCCN(C(=O)c1ccc(Br)cc1)c1c(N)n(CC(C)C)c(=O)[nH]c1=O. The summed E-state index contributed by atoms with van der Waals surface area (Å²) < 4.78 is 7.17. The molecule has 0 spiro atoms. The van der Waals surface area contributed by atoms with Crippen LogP contribution in [0.3, 0.4) is 0 Å². The third kappa shape index (κ3) is 4.86. The van der Waals surface area contributed by atoms with E-state index in [9.17, 15) is 14.4 Å². The van der Waals surface area contributed by atoms with Crippen LogP contribution in [0.5, 0.6) is 0 Å². The number of nitrogen functional groups attached to an aromatic ring is 1. The molecular formula is C18H23BrN4O4. The quantitative estimate of drug-likeness (QED) is 0.684. The van der Waals surface area contributed by atoms with E-state index in [-0.39, 0.29) is 30.6 Å². The first-order valence-electron chi connectivity index (χ1n) is 8.45. The maximum Gasteiger partial charge on any atom is 0.330 e. The monoisotopic (exact) mass is 438 g/mol. The van der Waals surface area contributed by atoms with Crippen LogP contribution in [0.2, 0.25) is 0 Å². The zero-order valence-corrected chi connectivity index (χ0v) is 17.1. The minimum Gasteiger partial charge on any atom is -0.383 e. The molecule has 9 heteroatoms. The third-order valence-corrected chi connectivity index (χ3v) is 4.42. The standard InChI is InChI=1S/C18H23BrN4O4/c1-11(2)10-23-15(20)14(16(24)21-18(23)26)22(8-9-27-3)17(25)12-4-6-13(19)7-5-12/h4-7,11H,8-10,20H2,1-3H3,(H,21,24,26). The number of hydrogen-bond donors (Lipinski definition) is 2. The molecule has 0 saturated heterocycles. The lowest BCUT2D eigenvalue weighted by atomic mass is 10.2. The number of anilines is 2. The van der Waals surface area contributed by atoms with Crippen LogP contribution in [0.4, 0.5) is 11.5 Å². The Bertz CT molecular complexity index is 918. The highest BCUT2D eigenvalue weighted by molar-refractivity contribution is 9.10. The molecule has 0 bridgehead atoms. The number of nitrogens with two attached hydrogens (primary N) is 1. The summed E-state index contributed by atoms with van der Waals surface area (Å²) in [6.45, 7) is 4.47. The second-order valence-electron chi connectivity index (χ2n) is 6.45. The van der Waals surface area contributed by atoms with Gasteiger partial charge in [-0.25, -0.2) is 4.79 Å². The van der Waals surface area contributed by atoms with E-state index in [1.807, 2.05) is 13.8 Å². The van der Waals surface area contributed by atoms with Crippen molar-refractivity contribution in [3.8, 4) is 0 Å². The molecule has 2 rings (SSSR count). The Morgan fingerprint density at radius 3 is 2.48 bits per heavy atom. The third-order valence-electron chi connectivity index (χ3n) is 3.89. The zero-order chi connectivity index (χ0) is 20.1. The summed E-state index contributed by atoms with van der Waals surface area (Å²) in [7, 11) is 1.50. The molecule has 0 atom stereocenters. The van der Waals surface area contributed by atoms with Crippen LogP contribution in [0, 0.1) is 5.92 Å². The fraction of sp³-hybridized carbons (Fsp3) is 0.389. The Morgan fingerprint density at radius 2 is 1.93 bits per heavy atom. The van der Waals surface area contributed by atoms with Crippen molar-refractivity contribution in [1.82, 2.24) is 9.55 Å². The molecule has 2 aromatic rings. The summed E-state index contributed by atoms with van der Waals surface area (Å²) in [6, 6.07) is 6.74. The zero-order valence-electron chi connectivity index (χ0n) is 15.5. The van der Waals surface area contributed by atoms with E-state index in [1.165, 1.54) is 16.6 Å². The van der Waals surface area contributed by atoms with Gasteiger partial charge in [0.25, 0.3) is 11.5 Å². The highest BCUT2D eigenvalue weighted by atomic mass is 79.9. The predicted octanol–water partition coefficient (Wildman–Crippen LogP) is 1.83. The fourth-order valence-corrected chi connectivity index (χ4v) is 2.89. The minimum atomic E-state index is -0.709. The van der Waals surface area contributed by atoms with Crippen LogP contribution >= 0.6 is 15.9 Å². The van der Waals surface area contributed by atoms with Gasteiger partial charge < -0.3 is 10.5 Å². The molecule has 0 saturated carbocycles. The van der Waals surface area contributed by atoms with Crippen LogP contribution in [0.25, 0.3) is 0 Å². The van der Waals surface area contributed by atoms with Crippen LogP contribution in [-0.4, -0.2) is 35.7 Å². The molecule has 0 radical (unpaired) electrons. The van der Waals surface area contributed by atoms with E-state index in [1.54, 1.807) is 24.3 Å². The largest absolute Gasteiger partial charge is 0.383 e. The lowest BCUT2D eigenvalue weighted by Gasteiger charge is -2.24. The molecule has 3 N–H and O–H groups in total. The summed E-state index contributed by atoms with van der Waals surface area (Å²) >= 11 is 3.32. The first kappa shape index (κ1) is 20.9. The average Bonchev–Trinajstić information content (AvgIpc) is 2.61. The summed E-state index contributed by atoms with van der Waals surface area (Å²) in [6.07, 6.45) is 0. The smallest absolute Gasteiger partial charge is 0.330 e. The molecule has 1 aromatic heterocycles. The topological polar surface area (TPSA) is 110 Å². The van der Waals surface area contributed by atoms with Crippen molar-refractivity contribution in [3.05, 3.63) is 55.1 Å². The first-order valence-corrected chi connectivity index (χ1v) is 9.24. The van der Waals surface area contributed by atoms with Gasteiger partial charge in [-0.2, -0.15) is 0 Å². The number of aromatic amines is 1. The number of nitrogens with zero attached hydrogens (tertiary/aromatic N) is 2. The second-order valence-corrected chi connectivity index (χ2v) is 7.37. The molecule has 0 aliphatic rings. The van der Waals surface area contributed by atoms with Crippen molar-refractivity contribution in [2.75, 3.05) is 30.9 Å². The van der Waals surface area contributed by atoms with Gasteiger partial charge in [-0.1, -0.05) is 29.8 Å². The van der Waals surface area contributed by atoms with E-state index in [4.69, 9.17) is 10.5 Å². The second kappa shape index (κ2) is 9.01. The Kier molecular flexibility index (Phi) is 6.98. The van der Waals surface area contributed by atoms with E-state index in [0.29, 0.717) is 12.1 Å². The predicted molar refractivity (Wildman–Crippen MR) is 108 cm³/mol. The molecule has 1 aromatic carbocycles. The van der Waals surface area contributed by atoms with Crippen molar-refractivity contribution in [2.24, 2.45) is 5.92 Å². The number of H-pyrrole nitrogens is 1. The van der Waals surface area contributed by atoms with E-state index < -0.39 is 17.2 Å². The molecule has 1 amide bonds. The maximum absolute atomic E-state index is 13.0. The van der Waals surface area contributed by atoms with Gasteiger partial charge in [-0.05, 0) is 30.2 Å². The van der Waals surface area contributed by atoms with Gasteiger partial charge in [-0.15, -0.1) is 0 Å². The van der Waals surface area contributed by atoms with Crippen molar-refractivity contribution < 1.29 is 9.53 Å². The number of carbonyl (C=O) groups is 1. The average molecular weight is 439 g/mol. The number of methoxy groups -OCH3 is 1. The van der Waals surface area contributed by atoms with Gasteiger partial charge in [0, 0.05) is 30.2 Å². The van der Waals surface area contributed by atoms with E-state index >= 15 is 0 Å². The lowest BCUT2D eigenvalue weighted by molar-refractivity contribution is 0.0975. The Balaban J connectivity index is 2.59. The van der Waals surface area contributed by atoms with Gasteiger partial charge in [0.15, 0.2) is 5.69 Å². The normalized spacial score (nSPS) is 11.0. The van der Waals surface area contributed by atoms with Gasteiger partial charge in [-0.3, -0.25) is 24.0 Å². The molecule has 0 aliphatic carbocycles. The Labute approximate surface area is 165 Å². The molecule has 0 aliphatic heterocycles. The molecule has 146 valence electrons. The highest BCUT2D eigenvalue weighted by Gasteiger charge is 2.25. The lowest BCUT2D eigenvalue weighted by Crippen LogP contribution is -2.42. The number of aromatic nitrogens is 2. The first-order chi connectivity index (χ1) is 12.8. The fourth-order valence-electron chi connectivity index (χ4n) is 2.63. The summed E-state index contributed by atoms with van der Waals surface area (Å²) in [5, 5.41) is 0. The van der Waals surface area contributed by atoms with Crippen molar-refractivity contribution in [3.63, 3.8) is 0 Å². The summed E-state index contributed by atoms with van der Waals surface area (Å²) in [5.74, 6) is -0.330. The van der Waals surface area contributed by atoms with Crippen LogP contribution in [0.1, 0.15) is 24.2 Å². The summed E-state index contributed by atoms with van der Waals surface area (Å²) in [4.78, 5) is 41.2. The highest BCUT2D eigenvalue weighted by Crippen LogP contribution is 2.21. The molecule has 27 heavy (non-hydrogen) atoms. The van der Waals surface area contributed by atoms with Crippen LogP contribution in [0.15, 0.2) is 38.3 Å². The van der Waals surface area contributed by atoms with Crippen molar-refractivity contribution in [1.29, 1.82) is 0 Å². The molecule has 0 fully saturated rings. The summed E-state index contributed by atoms with van der Waals surface area (Å²) in [5.41, 5.74) is 5.17.